The van der Waals surface area contributed by atoms with Gasteiger partial charge in [-0.15, -0.1) is 11.8 Å². The summed E-state index contributed by atoms with van der Waals surface area (Å²) in [4.78, 5) is 16.1. The summed E-state index contributed by atoms with van der Waals surface area (Å²) in [5.41, 5.74) is 5.88. The van der Waals surface area contributed by atoms with Gasteiger partial charge in [0.25, 0.3) is 5.91 Å². The molecule has 1 heterocycles. The lowest BCUT2D eigenvalue weighted by Gasteiger charge is -2.27. The van der Waals surface area contributed by atoms with Gasteiger partial charge in [-0.1, -0.05) is 71.8 Å². The van der Waals surface area contributed by atoms with E-state index in [9.17, 15) is 9.90 Å². The van der Waals surface area contributed by atoms with Crippen LogP contribution in [0.4, 0.5) is 0 Å². The first-order chi connectivity index (χ1) is 14.5. The van der Waals surface area contributed by atoms with Gasteiger partial charge in [0.2, 0.25) is 0 Å². The summed E-state index contributed by atoms with van der Waals surface area (Å²) in [5.74, 6) is -0.491. The van der Waals surface area contributed by atoms with Crippen LogP contribution in [0, 0.1) is 13.8 Å². The third-order valence-corrected chi connectivity index (χ3v) is 6.31. The topological polar surface area (TPSA) is 40.5 Å². The van der Waals surface area contributed by atoms with E-state index in [-0.39, 0.29) is 17.7 Å². The number of carbonyl (C=O) groups excluding carboxylic acids is 1. The zero-order valence-corrected chi connectivity index (χ0v) is 18.2. The molecule has 0 saturated carbocycles. The van der Waals surface area contributed by atoms with Crippen LogP contribution < -0.4 is 0 Å². The van der Waals surface area contributed by atoms with E-state index in [1.807, 2.05) is 80.8 Å². The number of rotatable bonds is 5. The van der Waals surface area contributed by atoms with Crippen molar-refractivity contribution in [3.63, 3.8) is 0 Å². The molecule has 30 heavy (non-hydrogen) atoms. The molecule has 1 atom stereocenters. The molecule has 3 nitrogen and oxygen atoms in total. The Bertz CT molecular complexity index is 1080. The van der Waals surface area contributed by atoms with Crippen molar-refractivity contribution < 1.29 is 9.90 Å². The number of thioether (sulfide) groups is 1. The largest absolute Gasteiger partial charge is 0.503 e. The summed E-state index contributed by atoms with van der Waals surface area (Å²) in [6.45, 7) is 4.51. The van der Waals surface area contributed by atoms with Gasteiger partial charge in [-0.3, -0.25) is 4.79 Å². The van der Waals surface area contributed by atoms with Crippen molar-refractivity contribution in [2.75, 3.05) is 6.26 Å². The van der Waals surface area contributed by atoms with Gasteiger partial charge >= 0.3 is 0 Å². The molecule has 1 amide bonds. The smallest absolute Gasteiger partial charge is 0.290 e. The molecule has 0 fully saturated rings. The number of nitrogens with zero attached hydrogens (tertiary/aromatic N) is 1. The Hall–Kier alpha value is -2.98. The average molecular weight is 416 g/mol. The van der Waals surface area contributed by atoms with Gasteiger partial charge in [-0.05, 0) is 48.9 Å². The first-order valence-corrected chi connectivity index (χ1v) is 11.2. The summed E-state index contributed by atoms with van der Waals surface area (Å²) in [5, 5.41) is 10.9. The van der Waals surface area contributed by atoms with Gasteiger partial charge in [0.1, 0.15) is 0 Å². The highest BCUT2D eigenvalue weighted by Crippen LogP contribution is 2.43. The van der Waals surface area contributed by atoms with Crippen LogP contribution in [-0.2, 0) is 11.3 Å². The molecule has 1 N–H and O–H groups in total. The number of aliphatic hydroxyl groups excluding tert-OH is 1. The molecule has 1 aliphatic rings. The highest BCUT2D eigenvalue weighted by molar-refractivity contribution is 7.98. The second-order valence-electron chi connectivity index (χ2n) is 7.72. The lowest BCUT2D eigenvalue weighted by atomic mass is 9.92. The van der Waals surface area contributed by atoms with Crippen molar-refractivity contribution in [3.8, 4) is 0 Å². The molecule has 0 radical (unpaired) electrons. The van der Waals surface area contributed by atoms with Crippen LogP contribution in [0.15, 0.2) is 83.5 Å². The predicted octanol–water partition coefficient (Wildman–Crippen LogP) is 6.08. The molecule has 1 aliphatic heterocycles. The Morgan fingerprint density at radius 3 is 2.00 bits per heavy atom. The lowest BCUT2D eigenvalue weighted by molar-refractivity contribution is -0.130. The van der Waals surface area contributed by atoms with Crippen molar-refractivity contribution in [2.45, 2.75) is 31.3 Å². The molecule has 3 aromatic carbocycles. The Morgan fingerprint density at radius 2 is 1.43 bits per heavy atom. The minimum Gasteiger partial charge on any atom is -0.503 e. The van der Waals surface area contributed by atoms with Crippen LogP contribution in [0.25, 0.3) is 5.57 Å². The van der Waals surface area contributed by atoms with E-state index in [1.54, 1.807) is 16.7 Å². The van der Waals surface area contributed by atoms with Crippen molar-refractivity contribution in [3.05, 3.63) is 106 Å². The van der Waals surface area contributed by atoms with Gasteiger partial charge in [-0.25, -0.2) is 0 Å². The molecule has 152 valence electrons. The zero-order chi connectivity index (χ0) is 21.3. The zero-order valence-electron chi connectivity index (χ0n) is 17.4. The fourth-order valence-corrected chi connectivity index (χ4v) is 4.28. The maximum atomic E-state index is 13.1. The molecule has 1 unspecified atom stereocenters. The van der Waals surface area contributed by atoms with Crippen molar-refractivity contribution in [2.24, 2.45) is 0 Å². The standard InChI is InChI=1S/C26H25NO2S/c1-17-4-10-20(11-5-17)23-24(21-12-6-18(2)7-13-21)27(26(29)25(23)28)16-19-8-14-22(30-3)15-9-19/h4-15,24,28H,16H2,1-3H3. The van der Waals surface area contributed by atoms with E-state index in [0.717, 1.165) is 27.8 Å². The molecule has 0 spiro atoms. The Labute approximate surface area is 182 Å². The summed E-state index contributed by atoms with van der Waals surface area (Å²) in [6, 6.07) is 24.1. The van der Waals surface area contributed by atoms with Gasteiger partial charge in [0.05, 0.1) is 6.04 Å². The monoisotopic (exact) mass is 415 g/mol. The SMILES string of the molecule is CSc1ccc(CN2C(=O)C(O)=C(c3ccc(C)cc3)C2c2ccc(C)cc2)cc1. The minimum atomic E-state index is -0.332. The number of amides is 1. The molecule has 0 saturated heterocycles. The van der Waals surface area contributed by atoms with Crippen LogP contribution in [0.5, 0.6) is 0 Å². The number of benzene rings is 3. The molecule has 0 aromatic heterocycles. The van der Waals surface area contributed by atoms with Crippen molar-refractivity contribution in [1.82, 2.24) is 4.90 Å². The molecular formula is C26H25NO2S. The van der Waals surface area contributed by atoms with Crippen LogP contribution in [0.3, 0.4) is 0 Å². The number of aryl methyl sites for hydroxylation is 2. The van der Waals surface area contributed by atoms with E-state index in [0.29, 0.717) is 12.1 Å². The summed E-state index contributed by atoms with van der Waals surface area (Å²) >= 11 is 1.69. The third kappa shape index (κ3) is 3.88. The van der Waals surface area contributed by atoms with E-state index >= 15 is 0 Å². The quantitative estimate of drug-likeness (QED) is 0.514. The van der Waals surface area contributed by atoms with Gasteiger partial charge in [-0.2, -0.15) is 0 Å². The van der Waals surface area contributed by atoms with Gasteiger partial charge < -0.3 is 10.0 Å². The number of hydrogen-bond acceptors (Lipinski definition) is 3. The highest BCUT2D eigenvalue weighted by atomic mass is 32.2. The third-order valence-electron chi connectivity index (χ3n) is 5.57. The highest BCUT2D eigenvalue weighted by Gasteiger charge is 2.40. The first kappa shape index (κ1) is 20.3. The molecule has 4 rings (SSSR count). The molecule has 0 bridgehead atoms. The summed E-state index contributed by atoms with van der Waals surface area (Å²) in [7, 11) is 0. The Morgan fingerprint density at radius 1 is 0.867 bits per heavy atom. The summed E-state index contributed by atoms with van der Waals surface area (Å²) < 4.78 is 0. The van der Waals surface area contributed by atoms with Gasteiger partial charge in [0.15, 0.2) is 5.76 Å². The Kier molecular flexibility index (Phi) is 5.69. The first-order valence-electron chi connectivity index (χ1n) is 9.98. The van der Waals surface area contributed by atoms with Crippen LogP contribution in [-0.4, -0.2) is 22.2 Å². The van der Waals surface area contributed by atoms with Crippen molar-refractivity contribution in [1.29, 1.82) is 0 Å². The van der Waals surface area contributed by atoms with Crippen LogP contribution in [0.1, 0.15) is 33.9 Å². The minimum absolute atomic E-state index is 0.162. The normalized spacial score (nSPS) is 16.4. The second-order valence-corrected chi connectivity index (χ2v) is 8.60. The van der Waals surface area contributed by atoms with E-state index in [2.05, 4.69) is 12.1 Å². The molecule has 0 aliphatic carbocycles. The fraction of sp³-hybridized carbons (Fsp3) is 0.192. The second kappa shape index (κ2) is 8.41. The summed E-state index contributed by atoms with van der Waals surface area (Å²) in [6.07, 6.45) is 2.04. The number of aliphatic hydroxyl groups is 1. The van der Waals surface area contributed by atoms with E-state index in [4.69, 9.17) is 0 Å². The fourth-order valence-electron chi connectivity index (χ4n) is 3.87. The molecule has 3 aromatic rings. The van der Waals surface area contributed by atoms with Crippen molar-refractivity contribution >= 4 is 23.2 Å². The van der Waals surface area contributed by atoms with Crippen LogP contribution >= 0.6 is 11.8 Å². The van der Waals surface area contributed by atoms with Crippen LogP contribution in [0.2, 0.25) is 0 Å². The number of carbonyl (C=O) groups is 1. The molecule has 4 heteroatoms. The Balaban J connectivity index is 1.77. The van der Waals surface area contributed by atoms with E-state index < -0.39 is 0 Å². The molecular weight excluding hydrogens is 390 g/mol. The predicted molar refractivity (Wildman–Crippen MR) is 123 cm³/mol. The lowest BCUT2D eigenvalue weighted by Crippen LogP contribution is -2.29. The van der Waals surface area contributed by atoms with E-state index in [1.165, 1.54) is 4.90 Å². The average Bonchev–Trinajstić information content (AvgIpc) is 3.00. The maximum absolute atomic E-state index is 13.1. The number of hydrogen-bond donors (Lipinski definition) is 1. The van der Waals surface area contributed by atoms with Gasteiger partial charge in [0, 0.05) is 17.0 Å². The maximum Gasteiger partial charge on any atom is 0.290 e.